The molecule has 0 atom stereocenters. The first-order chi connectivity index (χ1) is 12.1. The van der Waals surface area contributed by atoms with Crippen molar-refractivity contribution in [3.63, 3.8) is 0 Å². The minimum atomic E-state index is 0.152. The van der Waals surface area contributed by atoms with Crippen molar-refractivity contribution in [1.29, 1.82) is 0 Å². The van der Waals surface area contributed by atoms with Crippen LogP contribution in [-0.2, 0) is 11.2 Å². The molecule has 138 valence electrons. The number of methoxy groups -OCH3 is 1. The standard InChI is InChI=1S/C18H28N4O3/c1-3-19-18(22-11-10-20-17(24)14-4-5-14)21-9-8-13-6-7-15(25-2)12-16(13)23/h6-7,12,14,23H,3-5,8-11H2,1-2H3,(H,20,24)(H2,19,21,22). The number of nitrogens with zero attached hydrogens (tertiary/aromatic N) is 1. The van der Waals surface area contributed by atoms with E-state index in [0.717, 1.165) is 24.9 Å². The molecule has 0 heterocycles. The van der Waals surface area contributed by atoms with E-state index in [1.807, 2.05) is 19.1 Å². The van der Waals surface area contributed by atoms with Crippen molar-refractivity contribution >= 4 is 11.9 Å². The van der Waals surface area contributed by atoms with Crippen LogP contribution in [0.15, 0.2) is 23.2 Å². The van der Waals surface area contributed by atoms with E-state index in [2.05, 4.69) is 20.9 Å². The van der Waals surface area contributed by atoms with Crippen LogP contribution in [-0.4, -0.2) is 50.3 Å². The number of phenolic OH excluding ortho intramolecular Hbond substituents is 1. The maximum atomic E-state index is 11.6. The van der Waals surface area contributed by atoms with Gasteiger partial charge < -0.3 is 25.8 Å². The summed E-state index contributed by atoms with van der Waals surface area (Å²) in [5.41, 5.74) is 0.831. The fourth-order valence-corrected chi connectivity index (χ4v) is 2.37. The Bertz CT molecular complexity index is 600. The Morgan fingerprint density at radius 3 is 2.68 bits per heavy atom. The van der Waals surface area contributed by atoms with E-state index in [4.69, 9.17) is 4.74 Å². The Labute approximate surface area is 148 Å². The van der Waals surface area contributed by atoms with E-state index in [1.54, 1.807) is 13.2 Å². The molecule has 0 aromatic heterocycles. The molecule has 25 heavy (non-hydrogen) atoms. The van der Waals surface area contributed by atoms with Crippen LogP contribution in [0.4, 0.5) is 0 Å². The van der Waals surface area contributed by atoms with Crippen molar-refractivity contribution in [2.24, 2.45) is 10.9 Å². The van der Waals surface area contributed by atoms with Crippen LogP contribution in [0, 0.1) is 5.92 Å². The number of amides is 1. The number of hydrogen-bond acceptors (Lipinski definition) is 4. The minimum absolute atomic E-state index is 0.152. The number of rotatable bonds is 9. The number of ether oxygens (including phenoxy) is 1. The Balaban J connectivity index is 1.75. The van der Waals surface area contributed by atoms with E-state index in [0.29, 0.717) is 37.8 Å². The molecule has 1 aromatic carbocycles. The largest absolute Gasteiger partial charge is 0.508 e. The third-order valence-corrected chi connectivity index (χ3v) is 3.95. The average Bonchev–Trinajstić information content (AvgIpc) is 3.44. The van der Waals surface area contributed by atoms with Gasteiger partial charge in [0.15, 0.2) is 5.96 Å². The summed E-state index contributed by atoms with van der Waals surface area (Å²) >= 11 is 0. The molecule has 7 heteroatoms. The molecule has 0 spiro atoms. The van der Waals surface area contributed by atoms with Gasteiger partial charge in [-0.2, -0.15) is 0 Å². The first-order valence-electron chi connectivity index (χ1n) is 8.79. The molecule has 0 unspecified atom stereocenters. The quantitative estimate of drug-likeness (QED) is 0.304. The molecule has 0 bridgehead atoms. The van der Waals surface area contributed by atoms with Gasteiger partial charge in [-0.3, -0.25) is 9.79 Å². The second-order valence-corrected chi connectivity index (χ2v) is 6.00. The monoisotopic (exact) mass is 348 g/mol. The number of benzene rings is 1. The first-order valence-corrected chi connectivity index (χ1v) is 8.79. The van der Waals surface area contributed by atoms with Gasteiger partial charge in [-0.05, 0) is 37.8 Å². The molecule has 0 radical (unpaired) electrons. The SMILES string of the molecule is CCNC(=NCCc1ccc(OC)cc1O)NCCNC(=O)C1CC1. The highest BCUT2D eigenvalue weighted by atomic mass is 16.5. The van der Waals surface area contributed by atoms with Gasteiger partial charge in [0.1, 0.15) is 11.5 Å². The van der Waals surface area contributed by atoms with Gasteiger partial charge in [0.25, 0.3) is 0 Å². The molecule has 1 fully saturated rings. The van der Waals surface area contributed by atoms with E-state index in [1.165, 1.54) is 0 Å². The van der Waals surface area contributed by atoms with E-state index in [-0.39, 0.29) is 17.6 Å². The maximum absolute atomic E-state index is 11.6. The van der Waals surface area contributed by atoms with Crippen molar-refractivity contribution in [3.8, 4) is 11.5 Å². The number of nitrogens with one attached hydrogen (secondary N) is 3. The summed E-state index contributed by atoms with van der Waals surface area (Å²) in [5.74, 6) is 1.94. The van der Waals surface area contributed by atoms with Gasteiger partial charge in [-0.25, -0.2) is 0 Å². The van der Waals surface area contributed by atoms with Crippen molar-refractivity contribution in [2.45, 2.75) is 26.2 Å². The first kappa shape index (κ1) is 18.9. The normalized spacial score (nSPS) is 14.1. The third-order valence-electron chi connectivity index (χ3n) is 3.95. The maximum Gasteiger partial charge on any atom is 0.223 e. The van der Waals surface area contributed by atoms with Crippen LogP contribution in [0.3, 0.4) is 0 Å². The molecule has 1 aromatic rings. The van der Waals surface area contributed by atoms with Crippen molar-refractivity contribution in [1.82, 2.24) is 16.0 Å². The molecule has 1 amide bonds. The Morgan fingerprint density at radius 1 is 1.28 bits per heavy atom. The molecular formula is C18H28N4O3. The van der Waals surface area contributed by atoms with Crippen LogP contribution in [0.5, 0.6) is 11.5 Å². The third kappa shape index (κ3) is 6.52. The lowest BCUT2D eigenvalue weighted by atomic mass is 10.1. The van der Waals surface area contributed by atoms with Crippen LogP contribution in [0.2, 0.25) is 0 Å². The Morgan fingerprint density at radius 2 is 2.04 bits per heavy atom. The fraction of sp³-hybridized carbons (Fsp3) is 0.556. The number of carbonyl (C=O) groups is 1. The summed E-state index contributed by atoms with van der Waals surface area (Å²) in [6, 6.07) is 5.27. The predicted octanol–water partition coefficient (Wildman–Crippen LogP) is 1.02. The summed E-state index contributed by atoms with van der Waals surface area (Å²) in [7, 11) is 1.57. The summed E-state index contributed by atoms with van der Waals surface area (Å²) in [6.07, 6.45) is 2.66. The zero-order chi connectivity index (χ0) is 18.1. The van der Waals surface area contributed by atoms with Crippen LogP contribution < -0.4 is 20.7 Å². The van der Waals surface area contributed by atoms with Crippen molar-refractivity contribution in [2.75, 3.05) is 33.3 Å². The van der Waals surface area contributed by atoms with Gasteiger partial charge in [0, 0.05) is 38.2 Å². The molecule has 0 saturated heterocycles. The zero-order valence-electron chi connectivity index (χ0n) is 15.0. The molecular weight excluding hydrogens is 320 g/mol. The summed E-state index contributed by atoms with van der Waals surface area (Å²) in [6.45, 7) is 4.51. The fourth-order valence-electron chi connectivity index (χ4n) is 2.37. The minimum Gasteiger partial charge on any atom is -0.508 e. The van der Waals surface area contributed by atoms with Crippen LogP contribution in [0.25, 0.3) is 0 Å². The number of phenols is 1. The molecule has 7 nitrogen and oxygen atoms in total. The molecule has 1 aliphatic rings. The van der Waals surface area contributed by atoms with Crippen molar-refractivity contribution < 1.29 is 14.6 Å². The molecule has 1 saturated carbocycles. The van der Waals surface area contributed by atoms with Gasteiger partial charge >= 0.3 is 0 Å². The lowest BCUT2D eigenvalue weighted by Crippen LogP contribution is -2.41. The summed E-state index contributed by atoms with van der Waals surface area (Å²) in [4.78, 5) is 16.1. The second-order valence-electron chi connectivity index (χ2n) is 6.00. The number of aliphatic imine (C=N–C) groups is 1. The number of guanidine groups is 1. The van der Waals surface area contributed by atoms with Gasteiger partial charge in [-0.15, -0.1) is 0 Å². The number of hydrogen-bond donors (Lipinski definition) is 4. The van der Waals surface area contributed by atoms with Crippen molar-refractivity contribution in [3.05, 3.63) is 23.8 Å². The van der Waals surface area contributed by atoms with E-state index < -0.39 is 0 Å². The molecule has 4 N–H and O–H groups in total. The number of carbonyl (C=O) groups excluding carboxylic acids is 1. The highest BCUT2D eigenvalue weighted by molar-refractivity contribution is 5.81. The van der Waals surface area contributed by atoms with Gasteiger partial charge in [0.05, 0.1) is 7.11 Å². The lowest BCUT2D eigenvalue weighted by Gasteiger charge is -2.12. The highest BCUT2D eigenvalue weighted by Gasteiger charge is 2.28. The Hall–Kier alpha value is -2.44. The van der Waals surface area contributed by atoms with E-state index >= 15 is 0 Å². The molecule has 0 aliphatic heterocycles. The lowest BCUT2D eigenvalue weighted by molar-refractivity contribution is -0.122. The second kappa shape index (κ2) is 9.76. The van der Waals surface area contributed by atoms with E-state index in [9.17, 15) is 9.90 Å². The smallest absolute Gasteiger partial charge is 0.223 e. The average molecular weight is 348 g/mol. The zero-order valence-corrected chi connectivity index (χ0v) is 15.0. The van der Waals surface area contributed by atoms with Crippen LogP contribution in [0.1, 0.15) is 25.3 Å². The Kier molecular flexibility index (Phi) is 7.37. The molecule has 1 aliphatic carbocycles. The highest BCUT2D eigenvalue weighted by Crippen LogP contribution is 2.28. The summed E-state index contributed by atoms with van der Waals surface area (Å²) < 4.78 is 5.08. The molecule has 2 rings (SSSR count). The van der Waals surface area contributed by atoms with Gasteiger partial charge in [0.2, 0.25) is 5.91 Å². The van der Waals surface area contributed by atoms with Gasteiger partial charge in [-0.1, -0.05) is 6.07 Å². The summed E-state index contributed by atoms with van der Waals surface area (Å²) in [5, 5.41) is 19.2. The van der Waals surface area contributed by atoms with Crippen LogP contribution >= 0.6 is 0 Å². The topological polar surface area (TPSA) is 95.0 Å². The number of aromatic hydroxyl groups is 1. The predicted molar refractivity (Wildman–Crippen MR) is 98.1 cm³/mol.